The Morgan fingerprint density at radius 2 is 2.00 bits per heavy atom. The third-order valence-electron chi connectivity index (χ3n) is 3.25. The SMILES string of the molecule is O=C(CSC(=S)N1CCCC1)Nc1ccc(Cl)cc1C(F)(F)F. The molecule has 1 fully saturated rings. The summed E-state index contributed by atoms with van der Waals surface area (Å²) in [7, 11) is 0. The van der Waals surface area contributed by atoms with Crippen LogP contribution in [0.5, 0.6) is 0 Å². The summed E-state index contributed by atoms with van der Waals surface area (Å²) in [6.45, 7) is 1.73. The van der Waals surface area contributed by atoms with Crippen molar-refractivity contribution in [1.29, 1.82) is 0 Å². The van der Waals surface area contributed by atoms with Crippen molar-refractivity contribution in [3.8, 4) is 0 Å². The van der Waals surface area contributed by atoms with Crippen LogP contribution < -0.4 is 5.32 Å². The van der Waals surface area contributed by atoms with E-state index in [0.717, 1.165) is 49.8 Å². The van der Waals surface area contributed by atoms with Gasteiger partial charge in [-0.1, -0.05) is 35.6 Å². The third-order valence-corrected chi connectivity index (χ3v) is 5.01. The molecule has 1 heterocycles. The van der Waals surface area contributed by atoms with Gasteiger partial charge in [0.2, 0.25) is 5.91 Å². The highest BCUT2D eigenvalue weighted by molar-refractivity contribution is 8.23. The van der Waals surface area contributed by atoms with Crippen molar-refractivity contribution in [2.75, 3.05) is 24.2 Å². The van der Waals surface area contributed by atoms with Crippen LogP contribution in [0, 0.1) is 0 Å². The van der Waals surface area contributed by atoms with Crippen LogP contribution in [0.2, 0.25) is 5.02 Å². The number of anilines is 1. The zero-order chi connectivity index (χ0) is 17.0. The first-order valence-corrected chi connectivity index (χ1v) is 8.63. The number of nitrogens with zero attached hydrogens (tertiary/aromatic N) is 1. The van der Waals surface area contributed by atoms with Gasteiger partial charge in [0.25, 0.3) is 0 Å². The molecule has 0 spiro atoms. The molecule has 1 aliphatic rings. The molecule has 3 nitrogen and oxygen atoms in total. The van der Waals surface area contributed by atoms with Gasteiger partial charge in [0, 0.05) is 18.1 Å². The highest BCUT2D eigenvalue weighted by Crippen LogP contribution is 2.36. The lowest BCUT2D eigenvalue weighted by Crippen LogP contribution is -2.25. The highest BCUT2D eigenvalue weighted by Gasteiger charge is 2.34. The lowest BCUT2D eigenvalue weighted by Gasteiger charge is -2.18. The van der Waals surface area contributed by atoms with Gasteiger partial charge in [-0.2, -0.15) is 13.2 Å². The number of hydrogen-bond acceptors (Lipinski definition) is 3. The first-order valence-electron chi connectivity index (χ1n) is 6.85. The van der Waals surface area contributed by atoms with Gasteiger partial charge in [0.15, 0.2) is 0 Å². The second-order valence-electron chi connectivity index (χ2n) is 4.98. The van der Waals surface area contributed by atoms with E-state index >= 15 is 0 Å². The highest BCUT2D eigenvalue weighted by atomic mass is 35.5. The summed E-state index contributed by atoms with van der Waals surface area (Å²) in [5.41, 5.74) is -1.27. The van der Waals surface area contributed by atoms with E-state index in [4.69, 9.17) is 23.8 Å². The molecule has 1 N–H and O–H groups in total. The standard InChI is InChI=1S/C14H14ClF3N2OS2/c15-9-3-4-11(10(7-9)14(16,17)18)19-12(21)8-23-13(22)20-5-1-2-6-20/h3-4,7H,1-2,5-6,8H2,(H,19,21). The number of carbonyl (C=O) groups excluding carboxylic acids is 1. The maximum absolute atomic E-state index is 13.0. The Hall–Kier alpha value is -0.990. The zero-order valence-corrected chi connectivity index (χ0v) is 14.3. The molecule has 0 atom stereocenters. The molecule has 1 aromatic carbocycles. The summed E-state index contributed by atoms with van der Waals surface area (Å²) < 4.78 is 39.5. The van der Waals surface area contributed by atoms with Crippen molar-refractivity contribution in [3.63, 3.8) is 0 Å². The quantitative estimate of drug-likeness (QED) is 0.785. The van der Waals surface area contributed by atoms with E-state index in [2.05, 4.69) is 5.32 Å². The lowest BCUT2D eigenvalue weighted by molar-refractivity contribution is -0.137. The van der Waals surface area contributed by atoms with Crippen LogP contribution in [-0.2, 0) is 11.0 Å². The minimum absolute atomic E-state index is 0.0325. The first-order chi connectivity index (χ1) is 10.8. The Morgan fingerprint density at radius 3 is 2.61 bits per heavy atom. The molecule has 126 valence electrons. The van der Waals surface area contributed by atoms with E-state index in [1.165, 1.54) is 6.07 Å². The summed E-state index contributed by atoms with van der Waals surface area (Å²) in [6, 6.07) is 3.24. The molecular weight excluding hydrogens is 369 g/mol. The molecule has 0 aliphatic carbocycles. The van der Waals surface area contributed by atoms with Crippen LogP contribution in [0.25, 0.3) is 0 Å². The molecule has 0 bridgehead atoms. The molecule has 2 rings (SSSR count). The van der Waals surface area contributed by atoms with Crippen molar-refractivity contribution < 1.29 is 18.0 Å². The third kappa shape index (κ3) is 5.26. The molecule has 0 radical (unpaired) electrons. The van der Waals surface area contributed by atoms with Gasteiger partial charge in [-0.15, -0.1) is 0 Å². The summed E-state index contributed by atoms with van der Waals surface area (Å²) in [6.07, 6.45) is -2.47. The van der Waals surface area contributed by atoms with E-state index in [-0.39, 0.29) is 16.5 Å². The summed E-state index contributed by atoms with van der Waals surface area (Å²) in [5.74, 6) is -0.570. The summed E-state index contributed by atoms with van der Waals surface area (Å²) >= 11 is 12.0. The predicted octanol–water partition coefficient (Wildman–Crippen LogP) is 4.41. The average molecular weight is 383 g/mol. The van der Waals surface area contributed by atoms with E-state index in [0.29, 0.717) is 4.32 Å². The number of carbonyl (C=O) groups is 1. The zero-order valence-electron chi connectivity index (χ0n) is 12.0. The normalized spacial score (nSPS) is 14.9. The Morgan fingerprint density at radius 1 is 1.35 bits per heavy atom. The summed E-state index contributed by atoms with van der Waals surface area (Å²) in [4.78, 5) is 13.9. The maximum Gasteiger partial charge on any atom is 0.418 e. The largest absolute Gasteiger partial charge is 0.418 e. The Balaban J connectivity index is 1.96. The molecule has 0 unspecified atom stereocenters. The van der Waals surface area contributed by atoms with E-state index in [1.807, 2.05) is 4.90 Å². The van der Waals surface area contributed by atoms with Gasteiger partial charge < -0.3 is 10.2 Å². The second kappa shape index (κ2) is 7.72. The smallest absolute Gasteiger partial charge is 0.358 e. The van der Waals surface area contributed by atoms with Gasteiger partial charge in [0.1, 0.15) is 4.32 Å². The molecule has 1 aromatic rings. The minimum Gasteiger partial charge on any atom is -0.358 e. The molecular formula is C14H14ClF3N2OS2. The average Bonchev–Trinajstić information content (AvgIpc) is 3.00. The van der Waals surface area contributed by atoms with Crippen LogP contribution >= 0.6 is 35.6 Å². The fourth-order valence-electron chi connectivity index (χ4n) is 2.16. The number of likely N-dealkylation sites (tertiary alicyclic amines) is 1. The van der Waals surface area contributed by atoms with Crippen LogP contribution in [-0.4, -0.2) is 34.0 Å². The van der Waals surface area contributed by atoms with Gasteiger partial charge in [0.05, 0.1) is 17.0 Å². The van der Waals surface area contributed by atoms with Crippen molar-refractivity contribution in [2.24, 2.45) is 0 Å². The van der Waals surface area contributed by atoms with Crippen LogP contribution in [0.15, 0.2) is 18.2 Å². The van der Waals surface area contributed by atoms with E-state index in [9.17, 15) is 18.0 Å². The fourth-order valence-corrected chi connectivity index (χ4v) is 3.39. The maximum atomic E-state index is 13.0. The molecule has 1 saturated heterocycles. The van der Waals surface area contributed by atoms with E-state index in [1.54, 1.807) is 0 Å². The van der Waals surface area contributed by atoms with Crippen molar-refractivity contribution in [1.82, 2.24) is 4.90 Å². The predicted molar refractivity (Wildman–Crippen MR) is 90.9 cm³/mol. The van der Waals surface area contributed by atoms with Crippen LogP contribution in [0.3, 0.4) is 0 Å². The van der Waals surface area contributed by atoms with Gasteiger partial charge in [-0.3, -0.25) is 4.79 Å². The summed E-state index contributed by atoms with van der Waals surface area (Å²) in [5, 5.41) is 2.23. The number of thiocarbonyl (C=S) groups is 1. The van der Waals surface area contributed by atoms with Crippen LogP contribution in [0.4, 0.5) is 18.9 Å². The molecule has 1 aliphatic heterocycles. The number of rotatable bonds is 3. The van der Waals surface area contributed by atoms with Gasteiger partial charge >= 0.3 is 6.18 Å². The van der Waals surface area contributed by atoms with Crippen molar-refractivity contribution >= 4 is 51.5 Å². The number of thioether (sulfide) groups is 1. The molecule has 9 heteroatoms. The molecule has 0 aromatic heterocycles. The van der Waals surface area contributed by atoms with E-state index < -0.39 is 17.6 Å². The minimum atomic E-state index is -4.59. The number of amides is 1. The monoisotopic (exact) mass is 382 g/mol. The Bertz CT molecular complexity index is 604. The van der Waals surface area contributed by atoms with Crippen molar-refractivity contribution in [3.05, 3.63) is 28.8 Å². The topological polar surface area (TPSA) is 32.3 Å². The number of nitrogens with one attached hydrogen (secondary N) is 1. The Labute approximate surface area is 146 Å². The lowest BCUT2D eigenvalue weighted by atomic mass is 10.1. The molecule has 1 amide bonds. The van der Waals surface area contributed by atoms with Gasteiger partial charge in [-0.05, 0) is 31.0 Å². The van der Waals surface area contributed by atoms with Crippen molar-refractivity contribution in [2.45, 2.75) is 19.0 Å². The number of benzene rings is 1. The number of alkyl halides is 3. The fraction of sp³-hybridized carbons (Fsp3) is 0.429. The number of hydrogen-bond donors (Lipinski definition) is 1. The first kappa shape index (κ1) is 18.4. The number of halogens is 4. The Kier molecular flexibility index (Phi) is 6.16. The van der Waals surface area contributed by atoms with Gasteiger partial charge in [-0.25, -0.2) is 0 Å². The van der Waals surface area contributed by atoms with Crippen LogP contribution in [0.1, 0.15) is 18.4 Å². The molecule has 23 heavy (non-hydrogen) atoms. The second-order valence-corrected chi connectivity index (χ2v) is 7.03. The molecule has 0 saturated carbocycles.